The number of carbonyl (C=O) groups is 1. The lowest BCUT2D eigenvalue weighted by Gasteiger charge is -2.16. The lowest BCUT2D eigenvalue weighted by molar-refractivity contribution is -0.191. The standard InChI is InChI=1S/C25H22N2O3.CO2/c1-16-7-4-5-10-22(16)18(3)29-25(28)26-24-17(2)27-30-23(24)14-12-19-11-13-20-8-6-9-21(20)15-19;2-1-3/h4-8,10-11,13,15,18H,9H2,1-3H3,(H,26,28);. The van der Waals surface area contributed by atoms with Crippen LogP contribution in [0.4, 0.5) is 10.5 Å². The minimum absolute atomic E-state index is 0.250. The molecular formula is C26H22N2O5. The van der Waals surface area contributed by atoms with Crippen molar-refractivity contribution in [3.63, 3.8) is 0 Å². The molecule has 7 nitrogen and oxygen atoms in total. The second-order valence-corrected chi connectivity index (χ2v) is 7.35. The molecule has 1 atom stereocenters. The number of rotatable bonds is 3. The average Bonchev–Trinajstić information content (AvgIpc) is 3.39. The fraction of sp³-hybridized carbons (Fsp3) is 0.192. The van der Waals surface area contributed by atoms with E-state index in [9.17, 15) is 4.79 Å². The van der Waals surface area contributed by atoms with Crippen LogP contribution in [0.25, 0.3) is 6.08 Å². The molecule has 0 radical (unpaired) electrons. The van der Waals surface area contributed by atoms with E-state index in [1.54, 1.807) is 6.92 Å². The maximum absolute atomic E-state index is 12.5. The van der Waals surface area contributed by atoms with Crippen LogP contribution in [0.5, 0.6) is 0 Å². The molecule has 1 unspecified atom stereocenters. The Kier molecular flexibility index (Phi) is 7.59. The average molecular weight is 442 g/mol. The van der Waals surface area contributed by atoms with Gasteiger partial charge in [0.2, 0.25) is 5.76 Å². The molecule has 2 aromatic carbocycles. The van der Waals surface area contributed by atoms with Crippen LogP contribution in [0, 0.1) is 25.7 Å². The summed E-state index contributed by atoms with van der Waals surface area (Å²) in [5.74, 6) is 6.36. The Morgan fingerprint density at radius 3 is 2.67 bits per heavy atom. The van der Waals surface area contributed by atoms with Gasteiger partial charge in [-0.05, 0) is 67.5 Å². The predicted molar refractivity (Wildman–Crippen MR) is 121 cm³/mol. The highest BCUT2D eigenvalue weighted by atomic mass is 16.6. The summed E-state index contributed by atoms with van der Waals surface area (Å²) in [5, 5.41) is 6.66. The van der Waals surface area contributed by atoms with Gasteiger partial charge in [0.1, 0.15) is 17.5 Å². The van der Waals surface area contributed by atoms with Crippen molar-refractivity contribution in [1.82, 2.24) is 5.16 Å². The lowest BCUT2D eigenvalue weighted by Crippen LogP contribution is -2.17. The van der Waals surface area contributed by atoms with Gasteiger partial charge < -0.3 is 9.26 Å². The van der Waals surface area contributed by atoms with Gasteiger partial charge in [-0.15, -0.1) is 0 Å². The zero-order chi connectivity index (χ0) is 23.8. The topological polar surface area (TPSA) is 98.5 Å². The van der Waals surface area contributed by atoms with E-state index in [4.69, 9.17) is 18.8 Å². The van der Waals surface area contributed by atoms with Crippen molar-refractivity contribution in [1.29, 1.82) is 0 Å². The molecule has 1 aromatic heterocycles. The first kappa shape index (κ1) is 23.3. The molecule has 1 aliphatic carbocycles. The van der Waals surface area contributed by atoms with Crippen molar-refractivity contribution in [2.24, 2.45) is 0 Å². The lowest BCUT2D eigenvalue weighted by atomic mass is 10.1. The Bertz CT molecular complexity index is 1290. The molecule has 1 amide bonds. The van der Waals surface area contributed by atoms with Crippen molar-refractivity contribution >= 4 is 24.0 Å². The van der Waals surface area contributed by atoms with Crippen molar-refractivity contribution in [3.05, 3.63) is 87.8 Å². The number of benzene rings is 2. The molecule has 1 heterocycles. The molecule has 0 saturated heterocycles. The summed E-state index contributed by atoms with van der Waals surface area (Å²) >= 11 is 0. The number of anilines is 1. The Balaban J connectivity index is 0.000000968. The van der Waals surface area contributed by atoms with Crippen LogP contribution < -0.4 is 5.32 Å². The summed E-state index contributed by atoms with van der Waals surface area (Å²) < 4.78 is 10.9. The molecule has 33 heavy (non-hydrogen) atoms. The van der Waals surface area contributed by atoms with E-state index in [0.29, 0.717) is 17.1 Å². The first-order chi connectivity index (χ1) is 15.9. The van der Waals surface area contributed by atoms with E-state index >= 15 is 0 Å². The predicted octanol–water partition coefficient (Wildman–Crippen LogP) is 4.99. The maximum Gasteiger partial charge on any atom is 0.412 e. The first-order valence-corrected chi connectivity index (χ1v) is 10.2. The minimum atomic E-state index is -0.580. The van der Waals surface area contributed by atoms with Crippen LogP contribution in [-0.4, -0.2) is 17.4 Å². The van der Waals surface area contributed by atoms with Gasteiger partial charge in [-0.3, -0.25) is 5.32 Å². The molecule has 0 fully saturated rings. The summed E-state index contributed by atoms with van der Waals surface area (Å²) in [7, 11) is 0. The Labute approximate surface area is 191 Å². The fourth-order valence-electron chi connectivity index (χ4n) is 3.47. The molecule has 1 N–H and O–H groups in total. The van der Waals surface area contributed by atoms with Crippen molar-refractivity contribution in [2.75, 3.05) is 5.32 Å². The van der Waals surface area contributed by atoms with Gasteiger partial charge in [-0.2, -0.15) is 9.59 Å². The number of aromatic nitrogens is 1. The Morgan fingerprint density at radius 1 is 1.15 bits per heavy atom. The van der Waals surface area contributed by atoms with E-state index in [2.05, 4.69) is 46.6 Å². The normalized spacial score (nSPS) is 11.7. The minimum Gasteiger partial charge on any atom is -0.441 e. The molecule has 166 valence electrons. The highest BCUT2D eigenvalue weighted by Gasteiger charge is 2.18. The van der Waals surface area contributed by atoms with Crippen LogP contribution in [0.2, 0.25) is 0 Å². The number of amides is 1. The first-order valence-electron chi connectivity index (χ1n) is 10.2. The van der Waals surface area contributed by atoms with Crippen LogP contribution in [0.1, 0.15) is 52.3 Å². The van der Waals surface area contributed by atoms with E-state index < -0.39 is 6.09 Å². The SMILES string of the molecule is Cc1ccccc1C(C)OC(=O)Nc1c(C)noc1C#Cc1ccc2c(c1)CC=C2.O=C=O. The molecule has 0 bridgehead atoms. The molecule has 4 rings (SSSR count). The number of allylic oxidation sites excluding steroid dienone is 1. The van der Waals surface area contributed by atoms with Gasteiger partial charge in [0.25, 0.3) is 0 Å². The summed E-state index contributed by atoms with van der Waals surface area (Å²) in [4.78, 5) is 28.7. The van der Waals surface area contributed by atoms with Crippen LogP contribution in [0.15, 0.2) is 53.1 Å². The summed E-state index contributed by atoms with van der Waals surface area (Å²) in [6, 6.07) is 13.9. The second kappa shape index (κ2) is 10.8. The largest absolute Gasteiger partial charge is 0.441 e. The van der Waals surface area contributed by atoms with Crippen molar-refractivity contribution < 1.29 is 23.6 Å². The van der Waals surface area contributed by atoms with Crippen LogP contribution >= 0.6 is 0 Å². The number of fused-ring (bicyclic) bond motifs is 1. The highest BCUT2D eigenvalue weighted by Crippen LogP contribution is 2.24. The van der Waals surface area contributed by atoms with Crippen LogP contribution in [-0.2, 0) is 20.7 Å². The Morgan fingerprint density at radius 2 is 1.91 bits per heavy atom. The molecular weight excluding hydrogens is 420 g/mol. The smallest absolute Gasteiger partial charge is 0.412 e. The zero-order valence-electron chi connectivity index (χ0n) is 18.5. The number of ether oxygens (including phenoxy) is 1. The monoisotopic (exact) mass is 442 g/mol. The molecule has 0 aliphatic heterocycles. The molecule has 1 aliphatic rings. The highest BCUT2D eigenvalue weighted by molar-refractivity contribution is 5.87. The van der Waals surface area contributed by atoms with Gasteiger partial charge in [-0.1, -0.05) is 53.6 Å². The fourth-order valence-corrected chi connectivity index (χ4v) is 3.47. The zero-order valence-corrected chi connectivity index (χ0v) is 18.5. The van der Waals surface area contributed by atoms with Gasteiger partial charge in [-0.25, -0.2) is 4.79 Å². The second-order valence-electron chi connectivity index (χ2n) is 7.35. The number of aryl methyl sites for hydroxylation is 2. The molecule has 0 saturated carbocycles. The van der Waals surface area contributed by atoms with E-state index in [0.717, 1.165) is 23.1 Å². The third kappa shape index (κ3) is 5.85. The van der Waals surface area contributed by atoms with Gasteiger partial charge >= 0.3 is 12.2 Å². The van der Waals surface area contributed by atoms with Crippen LogP contribution in [0.3, 0.4) is 0 Å². The molecule has 7 heteroatoms. The van der Waals surface area contributed by atoms with E-state index in [1.165, 1.54) is 11.1 Å². The molecule has 3 aromatic rings. The van der Waals surface area contributed by atoms with Crippen molar-refractivity contribution in [2.45, 2.75) is 33.3 Å². The number of nitrogens with zero attached hydrogens (tertiary/aromatic N) is 1. The van der Waals surface area contributed by atoms with Crippen molar-refractivity contribution in [3.8, 4) is 11.8 Å². The van der Waals surface area contributed by atoms with Gasteiger partial charge in [0.05, 0.1) is 0 Å². The van der Waals surface area contributed by atoms with Gasteiger partial charge in [0, 0.05) is 5.56 Å². The summed E-state index contributed by atoms with van der Waals surface area (Å²) in [5.41, 5.74) is 6.35. The Hall–Kier alpha value is -4.40. The number of hydrogen-bond donors (Lipinski definition) is 1. The van der Waals surface area contributed by atoms with E-state index in [1.807, 2.05) is 44.2 Å². The molecule has 0 spiro atoms. The maximum atomic E-state index is 12.5. The van der Waals surface area contributed by atoms with E-state index in [-0.39, 0.29) is 12.3 Å². The third-order valence-corrected chi connectivity index (χ3v) is 5.10. The number of nitrogens with one attached hydrogen (secondary N) is 1. The summed E-state index contributed by atoms with van der Waals surface area (Å²) in [6.45, 7) is 5.57. The number of hydrogen-bond acceptors (Lipinski definition) is 6. The quantitative estimate of drug-likeness (QED) is 0.574. The number of carbonyl (C=O) groups excluding carboxylic acids is 3. The van der Waals surface area contributed by atoms with Gasteiger partial charge in [0.15, 0.2) is 0 Å². The summed E-state index contributed by atoms with van der Waals surface area (Å²) in [6.07, 6.45) is 4.44. The third-order valence-electron chi connectivity index (χ3n) is 5.10.